The van der Waals surface area contributed by atoms with Gasteiger partial charge in [0.15, 0.2) is 11.0 Å². The molecular formula is C26H28ClN7O2. The van der Waals surface area contributed by atoms with E-state index in [9.17, 15) is 4.79 Å². The van der Waals surface area contributed by atoms with Crippen LogP contribution in [-0.2, 0) is 0 Å². The molecule has 3 aromatic heterocycles. The third-order valence-electron chi connectivity index (χ3n) is 5.97. The Balaban J connectivity index is 0.000000455. The van der Waals surface area contributed by atoms with Crippen LogP contribution in [-0.4, -0.2) is 60.1 Å². The molecule has 0 atom stereocenters. The van der Waals surface area contributed by atoms with Gasteiger partial charge >= 0.3 is 6.09 Å². The molecule has 4 aromatic rings. The number of hydrogen-bond donors (Lipinski definition) is 1. The van der Waals surface area contributed by atoms with Crippen LogP contribution in [0, 0.1) is 0 Å². The lowest BCUT2D eigenvalue weighted by atomic mass is 9.96. The molecule has 9 nitrogen and oxygen atoms in total. The number of benzene rings is 1. The molecule has 1 N–H and O–H groups in total. The van der Waals surface area contributed by atoms with Gasteiger partial charge in [0.05, 0.1) is 17.9 Å². The van der Waals surface area contributed by atoms with Gasteiger partial charge in [-0.05, 0) is 31.0 Å². The van der Waals surface area contributed by atoms with Crippen molar-refractivity contribution >= 4 is 17.7 Å². The summed E-state index contributed by atoms with van der Waals surface area (Å²) in [5.41, 5.74) is 4.65. The second-order valence-corrected chi connectivity index (χ2v) is 9.18. The van der Waals surface area contributed by atoms with Crippen molar-refractivity contribution in [2.24, 2.45) is 0 Å². The second kappa shape index (κ2) is 11.7. The van der Waals surface area contributed by atoms with E-state index >= 15 is 0 Å². The van der Waals surface area contributed by atoms with E-state index in [1.807, 2.05) is 48.9 Å². The first-order valence-electron chi connectivity index (χ1n) is 11.8. The van der Waals surface area contributed by atoms with Gasteiger partial charge in [-0.15, -0.1) is 10.2 Å². The second-order valence-electron chi connectivity index (χ2n) is 8.80. The van der Waals surface area contributed by atoms with Gasteiger partial charge in [-0.25, -0.2) is 14.8 Å². The molecule has 0 bridgehead atoms. The number of rotatable bonds is 4. The SMILES string of the molecule is CN(C)C(=O)O.Clc1ccc(-c2cccc(-c3ncc(-c4cnn(C5CCCCC5)c4)cn3)c2)nn1. The average Bonchev–Trinajstić information content (AvgIpc) is 3.41. The standard InChI is InChI=1S/C23H21ClN6.C3H7NO2/c24-22-10-9-21(28-29-22)16-5-4-6-17(11-16)23-25-12-18(13-26-23)19-14-27-30(15-19)20-7-2-1-3-8-20;1-4(2)3(5)6/h4-6,9-15,20H,1-3,7-8H2;1-2H3,(H,5,6). The molecule has 36 heavy (non-hydrogen) atoms. The molecule has 1 aliphatic carbocycles. The van der Waals surface area contributed by atoms with E-state index in [1.54, 1.807) is 6.07 Å². The van der Waals surface area contributed by atoms with Gasteiger partial charge in [0, 0.05) is 54.9 Å². The maximum absolute atomic E-state index is 9.62. The number of hydrogen-bond acceptors (Lipinski definition) is 6. The van der Waals surface area contributed by atoms with Gasteiger partial charge in [-0.2, -0.15) is 5.10 Å². The molecule has 3 heterocycles. The Labute approximate surface area is 214 Å². The zero-order valence-corrected chi connectivity index (χ0v) is 21.0. The molecule has 0 radical (unpaired) electrons. The van der Waals surface area contributed by atoms with Crippen LogP contribution in [0.2, 0.25) is 5.15 Å². The van der Waals surface area contributed by atoms with Crippen molar-refractivity contribution in [2.75, 3.05) is 14.1 Å². The van der Waals surface area contributed by atoms with E-state index in [4.69, 9.17) is 16.7 Å². The Morgan fingerprint density at radius 3 is 2.28 bits per heavy atom. The summed E-state index contributed by atoms with van der Waals surface area (Å²) in [7, 11) is 2.95. The number of aromatic nitrogens is 6. The minimum atomic E-state index is -0.907. The fraction of sp³-hybridized carbons (Fsp3) is 0.308. The van der Waals surface area contributed by atoms with Gasteiger partial charge in [-0.3, -0.25) is 4.68 Å². The lowest BCUT2D eigenvalue weighted by Gasteiger charge is -2.21. The third-order valence-corrected chi connectivity index (χ3v) is 6.17. The maximum Gasteiger partial charge on any atom is 0.406 e. The number of carbonyl (C=O) groups is 1. The highest BCUT2D eigenvalue weighted by atomic mass is 35.5. The minimum Gasteiger partial charge on any atom is -0.465 e. The van der Waals surface area contributed by atoms with Gasteiger partial charge in [0.2, 0.25) is 0 Å². The zero-order chi connectivity index (χ0) is 25.5. The molecule has 5 rings (SSSR count). The van der Waals surface area contributed by atoms with Crippen molar-refractivity contribution in [3.63, 3.8) is 0 Å². The quantitative estimate of drug-likeness (QED) is 0.370. The van der Waals surface area contributed by atoms with Crippen LogP contribution in [0.5, 0.6) is 0 Å². The van der Waals surface area contributed by atoms with Gasteiger partial charge in [0.1, 0.15) is 0 Å². The summed E-state index contributed by atoms with van der Waals surface area (Å²) in [6.45, 7) is 0. The zero-order valence-electron chi connectivity index (χ0n) is 20.3. The molecule has 1 aliphatic rings. The van der Waals surface area contributed by atoms with E-state index in [-0.39, 0.29) is 0 Å². The Morgan fingerprint density at radius 2 is 1.64 bits per heavy atom. The Morgan fingerprint density at radius 1 is 0.944 bits per heavy atom. The van der Waals surface area contributed by atoms with Crippen molar-refractivity contribution in [1.29, 1.82) is 0 Å². The summed E-state index contributed by atoms with van der Waals surface area (Å²) < 4.78 is 2.11. The molecule has 1 aromatic carbocycles. The van der Waals surface area contributed by atoms with Crippen LogP contribution in [0.1, 0.15) is 38.1 Å². The molecule has 0 aliphatic heterocycles. The highest BCUT2D eigenvalue weighted by molar-refractivity contribution is 6.29. The molecule has 186 valence electrons. The Bertz CT molecular complexity index is 1280. The van der Waals surface area contributed by atoms with E-state index in [0.717, 1.165) is 32.8 Å². The van der Waals surface area contributed by atoms with Crippen molar-refractivity contribution in [3.05, 3.63) is 66.3 Å². The van der Waals surface area contributed by atoms with Crippen LogP contribution in [0.25, 0.3) is 33.8 Å². The summed E-state index contributed by atoms with van der Waals surface area (Å²) in [5.74, 6) is 0.669. The predicted molar refractivity (Wildman–Crippen MR) is 139 cm³/mol. The summed E-state index contributed by atoms with van der Waals surface area (Å²) in [4.78, 5) is 19.9. The van der Waals surface area contributed by atoms with E-state index in [2.05, 4.69) is 36.1 Å². The van der Waals surface area contributed by atoms with E-state index in [1.165, 1.54) is 46.2 Å². The van der Waals surface area contributed by atoms with Crippen molar-refractivity contribution in [3.8, 4) is 33.8 Å². The first-order chi connectivity index (χ1) is 17.4. The van der Waals surface area contributed by atoms with Crippen molar-refractivity contribution in [1.82, 2.24) is 34.8 Å². The number of amides is 1. The highest BCUT2D eigenvalue weighted by Gasteiger charge is 2.16. The lowest BCUT2D eigenvalue weighted by Crippen LogP contribution is -2.18. The summed E-state index contributed by atoms with van der Waals surface area (Å²) in [5, 5.41) is 20.9. The van der Waals surface area contributed by atoms with Crippen molar-refractivity contribution < 1.29 is 9.90 Å². The molecule has 0 unspecified atom stereocenters. The Hall–Kier alpha value is -3.85. The van der Waals surface area contributed by atoms with Gasteiger partial charge < -0.3 is 10.0 Å². The summed E-state index contributed by atoms with van der Waals surface area (Å²) in [6.07, 6.45) is 13.2. The van der Waals surface area contributed by atoms with E-state index in [0.29, 0.717) is 17.0 Å². The largest absolute Gasteiger partial charge is 0.465 e. The average molecular weight is 506 g/mol. The maximum atomic E-state index is 9.62. The first-order valence-corrected chi connectivity index (χ1v) is 12.2. The molecule has 1 saturated carbocycles. The Kier molecular flexibility index (Phi) is 8.22. The van der Waals surface area contributed by atoms with Crippen LogP contribution in [0.3, 0.4) is 0 Å². The fourth-order valence-corrected chi connectivity index (χ4v) is 4.05. The third kappa shape index (κ3) is 6.42. The first kappa shape index (κ1) is 25.2. The molecular weight excluding hydrogens is 478 g/mol. The molecule has 1 amide bonds. The predicted octanol–water partition coefficient (Wildman–Crippen LogP) is 5.85. The molecule has 10 heteroatoms. The van der Waals surface area contributed by atoms with Crippen LogP contribution in [0.15, 0.2) is 61.2 Å². The van der Waals surface area contributed by atoms with Crippen LogP contribution < -0.4 is 0 Å². The molecule has 1 fully saturated rings. The smallest absolute Gasteiger partial charge is 0.406 e. The number of halogens is 1. The highest BCUT2D eigenvalue weighted by Crippen LogP contribution is 2.29. The van der Waals surface area contributed by atoms with Gasteiger partial charge in [0.25, 0.3) is 0 Å². The fourth-order valence-electron chi connectivity index (χ4n) is 3.95. The van der Waals surface area contributed by atoms with Gasteiger partial charge in [-0.1, -0.05) is 49.1 Å². The number of nitrogens with zero attached hydrogens (tertiary/aromatic N) is 7. The normalized spacial score (nSPS) is 13.5. The van der Waals surface area contributed by atoms with Crippen LogP contribution >= 0.6 is 11.6 Å². The topological polar surface area (TPSA) is 110 Å². The molecule has 0 saturated heterocycles. The van der Waals surface area contributed by atoms with E-state index < -0.39 is 6.09 Å². The van der Waals surface area contributed by atoms with Crippen molar-refractivity contribution in [2.45, 2.75) is 38.1 Å². The lowest BCUT2D eigenvalue weighted by molar-refractivity contribution is 0.165. The minimum absolute atomic E-state index is 0.376. The number of carboxylic acid groups (broad SMARTS) is 1. The van der Waals surface area contributed by atoms with Crippen LogP contribution in [0.4, 0.5) is 4.79 Å². The monoisotopic (exact) mass is 505 g/mol. The summed E-state index contributed by atoms with van der Waals surface area (Å²) in [6, 6.07) is 12.0. The summed E-state index contributed by atoms with van der Waals surface area (Å²) >= 11 is 5.84. The molecule has 0 spiro atoms.